The van der Waals surface area contributed by atoms with Gasteiger partial charge in [0.1, 0.15) is 5.76 Å². The van der Waals surface area contributed by atoms with Gasteiger partial charge in [-0.25, -0.2) is 0 Å². The number of hydrogen-bond donors (Lipinski definition) is 0. The number of hydrogen-bond acceptors (Lipinski definition) is 2. The molecule has 2 rings (SSSR count). The van der Waals surface area contributed by atoms with E-state index in [9.17, 15) is 0 Å². The van der Waals surface area contributed by atoms with Gasteiger partial charge in [-0.05, 0) is 25.0 Å². The molecule has 1 fully saturated rings. The molecule has 74 valence electrons. The van der Waals surface area contributed by atoms with Gasteiger partial charge in [-0.1, -0.05) is 0 Å². The normalized spacial score (nSPS) is 15.7. The monoisotopic (exact) mass is 189 g/mol. The fourth-order valence-electron chi connectivity index (χ4n) is 1.64. The van der Waals surface area contributed by atoms with Crippen molar-refractivity contribution in [3.8, 4) is 12.3 Å². The molecule has 14 heavy (non-hydrogen) atoms. The zero-order chi connectivity index (χ0) is 9.80. The van der Waals surface area contributed by atoms with Gasteiger partial charge in [0.05, 0.1) is 12.8 Å². The lowest BCUT2D eigenvalue weighted by molar-refractivity contribution is 0.239. The van der Waals surface area contributed by atoms with Crippen molar-refractivity contribution >= 4 is 0 Å². The van der Waals surface area contributed by atoms with Crippen LogP contribution in [0.25, 0.3) is 0 Å². The van der Waals surface area contributed by atoms with Gasteiger partial charge in [-0.3, -0.25) is 4.90 Å². The Bertz CT molecular complexity index is 306. The van der Waals surface area contributed by atoms with Crippen molar-refractivity contribution < 1.29 is 4.42 Å². The molecule has 0 atom stereocenters. The second-order valence-corrected chi connectivity index (χ2v) is 3.74. The number of rotatable bonds is 5. The largest absolute Gasteiger partial charge is 0.468 e. The lowest BCUT2D eigenvalue weighted by Gasteiger charge is -2.19. The Labute approximate surface area is 84.9 Å². The first-order valence-corrected chi connectivity index (χ1v) is 5.10. The summed E-state index contributed by atoms with van der Waals surface area (Å²) in [6.07, 6.45) is 10.4. The molecule has 2 heteroatoms. The smallest absolute Gasteiger partial charge is 0.117 e. The van der Waals surface area contributed by atoms with Crippen LogP contribution in [0.5, 0.6) is 0 Å². The predicted molar refractivity (Wildman–Crippen MR) is 55.6 cm³/mol. The predicted octanol–water partition coefficient (Wildman–Crippen LogP) is 2.27. The molecule has 1 aromatic heterocycles. The van der Waals surface area contributed by atoms with E-state index in [2.05, 4.69) is 10.8 Å². The molecule has 1 heterocycles. The maximum atomic E-state index is 5.33. The minimum Gasteiger partial charge on any atom is -0.468 e. The van der Waals surface area contributed by atoms with Crippen LogP contribution in [-0.4, -0.2) is 17.5 Å². The first-order valence-electron chi connectivity index (χ1n) is 5.10. The van der Waals surface area contributed by atoms with E-state index in [4.69, 9.17) is 10.8 Å². The van der Waals surface area contributed by atoms with E-state index in [0.29, 0.717) is 0 Å². The first-order chi connectivity index (χ1) is 6.90. The third-order valence-electron chi connectivity index (χ3n) is 2.55. The minimum absolute atomic E-state index is 0.744. The summed E-state index contributed by atoms with van der Waals surface area (Å²) in [4.78, 5) is 2.42. The van der Waals surface area contributed by atoms with Gasteiger partial charge >= 0.3 is 0 Å². The lowest BCUT2D eigenvalue weighted by atomic mass is 10.3. The molecule has 0 spiro atoms. The van der Waals surface area contributed by atoms with E-state index in [0.717, 1.165) is 31.3 Å². The van der Waals surface area contributed by atoms with Crippen LogP contribution in [0.3, 0.4) is 0 Å². The maximum Gasteiger partial charge on any atom is 0.117 e. The summed E-state index contributed by atoms with van der Waals surface area (Å²) in [5.41, 5.74) is 0. The van der Waals surface area contributed by atoms with Crippen LogP contribution in [0.15, 0.2) is 22.8 Å². The third kappa shape index (κ3) is 2.40. The number of nitrogens with zero attached hydrogens (tertiary/aromatic N) is 1. The van der Waals surface area contributed by atoms with Crippen LogP contribution < -0.4 is 0 Å². The van der Waals surface area contributed by atoms with Gasteiger partial charge in [0.15, 0.2) is 0 Å². The first kappa shape index (κ1) is 9.36. The van der Waals surface area contributed by atoms with Gasteiger partial charge in [0.25, 0.3) is 0 Å². The summed E-state index contributed by atoms with van der Waals surface area (Å²) in [6.45, 7) is 1.89. The van der Waals surface area contributed by atoms with E-state index in [1.807, 2.05) is 12.1 Å². The average molecular weight is 189 g/mol. The SMILES string of the molecule is C#CCCN(Cc1ccco1)C1CC1. The van der Waals surface area contributed by atoms with Crippen LogP contribution in [0.1, 0.15) is 25.0 Å². The molecule has 1 aliphatic rings. The lowest BCUT2D eigenvalue weighted by Crippen LogP contribution is -2.26. The molecule has 0 bridgehead atoms. The Morgan fingerprint density at radius 2 is 2.43 bits per heavy atom. The zero-order valence-electron chi connectivity index (χ0n) is 8.28. The second-order valence-electron chi connectivity index (χ2n) is 3.74. The molecule has 0 radical (unpaired) electrons. The van der Waals surface area contributed by atoms with E-state index in [-0.39, 0.29) is 0 Å². The molecular weight excluding hydrogens is 174 g/mol. The van der Waals surface area contributed by atoms with Crippen LogP contribution in [0.2, 0.25) is 0 Å². The van der Waals surface area contributed by atoms with Gasteiger partial charge in [-0.15, -0.1) is 12.3 Å². The Hall–Kier alpha value is -1.20. The Balaban J connectivity index is 1.88. The molecule has 1 aliphatic carbocycles. The molecule has 1 aromatic rings. The molecule has 1 saturated carbocycles. The standard InChI is InChI=1S/C12H15NO/c1-2-3-8-13(11-6-7-11)10-12-5-4-9-14-12/h1,4-5,9,11H,3,6-8,10H2. The Morgan fingerprint density at radius 3 is 3.00 bits per heavy atom. The molecule has 0 unspecified atom stereocenters. The van der Waals surface area contributed by atoms with Crippen LogP contribution >= 0.6 is 0 Å². The highest BCUT2D eigenvalue weighted by molar-refractivity contribution is 5.00. The van der Waals surface area contributed by atoms with Gasteiger partial charge in [0.2, 0.25) is 0 Å². The highest BCUT2D eigenvalue weighted by Gasteiger charge is 2.28. The van der Waals surface area contributed by atoms with Crippen LogP contribution in [-0.2, 0) is 6.54 Å². The summed E-state index contributed by atoms with van der Waals surface area (Å²) < 4.78 is 5.33. The summed E-state index contributed by atoms with van der Waals surface area (Å²) >= 11 is 0. The topological polar surface area (TPSA) is 16.4 Å². The molecule has 0 aliphatic heterocycles. The van der Waals surface area contributed by atoms with Gasteiger partial charge < -0.3 is 4.42 Å². The Morgan fingerprint density at radius 1 is 1.57 bits per heavy atom. The fourth-order valence-corrected chi connectivity index (χ4v) is 1.64. The van der Waals surface area contributed by atoms with Crippen molar-refractivity contribution in [3.05, 3.63) is 24.2 Å². The highest BCUT2D eigenvalue weighted by Crippen LogP contribution is 2.28. The van der Waals surface area contributed by atoms with E-state index in [1.54, 1.807) is 6.26 Å². The Kier molecular flexibility index (Phi) is 2.90. The highest BCUT2D eigenvalue weighted by atomic mass is 16.3. The average Bonchev–Trinajstić information content (AvgIpc) is 2.92. The zero-order valence-corrected chi connectivity index (χ0v) is 8.28. The van der Waals surface area contributed by atoms with E-state index >= 15 is 0 Å². The maximum absolute atomic E-state index is 5.33. The van der Waals surface area contributed by atoms with Crippen molar-refractivity contribution in [1.82, 2.24) is 4.90 Å². The third-order valence-corrected chi connectivity index (χ3v) is 2.55. The van der Waals surface area contributed by atoms with E-state index < -0.39 is 0 Å². The van der Waals surface area contributed by atoms with Gasteiger partial charge in [0, 0.05) is 19.0 Å². The molecule has 0 N–H and O–H groups in total. The van der Waals surface area contributed by atoms with Gasteiger partial charge in [-0.2, -0.15) is 0 Å². The molecule has 0 saturated heterocycles. The molecule has 0 aromatic carbocycles. The van der Waals surface area contributed by atoms with E-state index in [1.165, 1.54) is 12.8 Å². The molecule has 2 nitrogen and oxygen atoms in total. The second kappa shape index (κ2) is 4.34. The van der Waals surface area contributed by atoms with Crippen LogP contribution in [0, 0.1) is 12.3 Å². The summed E-state index contributed by atoms with van der Waals surface area (Å²) in [7, 11) is 0. The minimum atomic E-state index is 0.744. The van der Waals surface area contributed by atoms with Crippen molar-refractivity contribution in [1.29, 1.82) is 0 Å². The van der Waals surface area contributed by atoms with Crippen molar-refractivity contribution in [3.63, 3.8) is 0 Å². The van der Waals surface area contributed by atoms with Crippen LogP contribution in [0.4, 0.5) is 0 Å². The number of terminal acetylenes is 1. The quantitative estimate of drug-likeness (QED) is 0.661. The molecular formula is C12H15NO. The van der Waals surface area contributed by atoms with Crippen molar-refractivity contribution in [2.75, 3.05) is 6.54 Å². The fraction of sp³-hybridized carbons (Fsp3) is 0.500. The summed E-state index contributed by atoms with van der Waals surface area (Å²) in [5.74, 6) is 3.72. The number of furan rings is 1. The van der Waals surface area contributed by atoms with Crippen molar-refractivity contribution in [2.24, 2.45) is 0 Å². The summed E-state index contributed by atoms with van der Waals surface area (Å²) in [5, 5.41) is 0. The van der Waals surface area contributed by atoms with Crippen molar-refractivity contribution in [2.45, 2.75) is 31.8 Å². The summed E-state index contributed by atoms with van der Waals surface area (Å²) in [6, 6.07) is 4.70. The molecule has 0 amide bonds.